The Labute approximate surface area is 92.9 Å². The highest BCUT2D eigenvalue weighted by Crippen LogP contribution is 2.35. The molecule has 0 amide bonds. The van der Waals surface area contributed by atoms with Crippen molar-refractivity contribution in [2.75, 3.05) is 21.3 Å². The van der Waals surface area contributed by atoms with Crippen LogP contribution in [-0.4, -0.2) is 26.3 Å². The van der Waals surface area contributed by atoms with E-state index in [4.69, 9.17) is 14.2 Å². The van der Waals surface area contributed by atoms with Gasteiger partial charge in [-0.15, -0.1) is 0 Å². The third-order valence-corrected chi connectivity index (χ3v) is 2.06. The monoisotopic (exact) mass is 227 g/mol. The summed E-state index contributed by atoms with van der Waals surface area (Å²) in [6.45, 7) is -0.337. The molecule has 0 radical (unpaired) electrons. The molecule has 16 heavy (non-hydrogen) atoms. The molecule has 88 valence electrons. The quantitative estimate of drug-likeness (QED) is 0.563. The van der Waals surface area contributed by atoms with Crippen molar-refractivity contribution in [1.29, 1.82) is 0 Å². The molecule has 0 N–H and O–H groups in total. The van der Waals surface area contributed by atoms with Gasteiger partial charge in [-0.1, -0.05) is 0 Å². The normalized spacial score (nSPS) is 9.69. The number of nitrogens with zero attached hydrogens (tertiary/aromatic N) is 1. The molecule has 0 saturated heterocycles. The molecule has 0 heterocycles. The maximum absolute atomic E-state index is 10.5. The smallest absolute Gasteiger partial charge is 0.232 e. The molecule has 6 nitrogen and oxygen atoms in total. The molecule has 0 saturated carbocycles. The van der Waals surface area contributed by atoms with E-state index in [9.17, 15) is 10.1 Å². The Bertz CT molecular complexity index is 391. The third kappa shape index (κ3) is 2.53. The van der Waals surface area contributed by atoms with Crippen LogP contribution in [0.15, 0.2) is 12.1 Å². The van der Waals surface area contributed by atoms with Gasteiger partial charge in [0.15, 0.2) is 11.5 Å². The van der Waals surface area contributed by atoms with Crippen LogP contribution in [0.4, 0.5) is 0 Å². The summed E-state index contributed by atoms with van der Waals surface area (Å²) in [5.41, 5.74) is 0.420. The van der Waals surface area contributed by atoms with Gasteiger partial charge < -0.3 is 14.2 Å². The molecular formula is C10H13NO5. The first-order chi connectivity index (χ1) is 7.62. The van der Waals surface area contributed by atoms with Gasteiger partial charge in [-0.25, -0.2) is 0 Å². The predicted octanol–water partition coefficient (Wildman–Crippen LogP) is 1.49. The molecule has 0 fully saturated rings. The van der Waals surface area contributed by atoms with Gasteiger partial charge in [0, 0.05) is 11.0 Å². The molecule has 0 bridgehead atoms. The molecule has 6 heteroatoms. The highest BCUT2D eigenvalue weighted by atomic mass is 16.6. The van der Waals surface area contributed by atoms with Gasteiger partial charge in [-0.3, -0.25) is 10.1 Å². The number of ether oxygens (including phenoxy) is 3. The average molecular weight is 227 g/mol. The van der Waals surface area contributed by atoms with Crippen molar-refractivity contribution in [3.63, 3.8) is 0 Å². The van der Waals surface area contributed by atoms with E-state index in [1.807, 2.05) is 0 Å². The van der Waals surface area contributed by atoms with Gasteiger partial charge >= 0.3 is 0 Å². The van der Waals surface area contributed by atoms with Crippen LogP contribution in [0.2, 0.25) is 0 Å². The van der Waals surface area contributed by atoms with E-state index in [0.29, 0.717) is 22.8 Å². The predicted molar refractivity (Wildman–Crippen MR) is 56.8 cm³/mol. The lowest BCUT2D eigenvalue weighted by Gasteiger charge is -2.12. The van der Waals surface area contributed by atoms with Crippen LogP contribution in [-0.2, 0) is 6.54 Å². The summed E-state index contributed by atoms with van der Waals surface area (Å²) >= 11 is 0. The standard InChI is InChI=1S/C10H13NO5/c1-14-8-4-7(6-11(12)13)10(16-3)9(5-8)15-2/h4-5H,6H2,1-3H3. The van der Waals surface area contributed by atoms with Crippen molar-refractivity contribution in [3.8, 4) is 17.2 Å². The number of nitro groups is 1. The van der Waals surface area contributed by atoms with Crippen LogP contribution >= 0.6 is 0 Å². The van der Waals surface area contributed by atoms with Crippen molar-refractivity contribution in [2.24, 2.45) is 0 Å². The Kier molecular flexibility index (Phi) is 3.93. The fourth-order valence-electron chi connectivity index (χ4n) is 1.39. The maximum atomic E-state index is 10.5. The average Bonchev–Trinajstić information content (AvgIpc) is 2.27. The number of methoxy groups -OCH3 is 3. The summed E-state index contributed by atoms with van der Waals surface area (Å²) in [5, 5.41) is 10.5. The van der Waals surface area contributed by atoms with Crippen molar-refractivity contribution in [3.05, 3.63) is 27.8 Å². The Morgan fingerprint density at radius 3 is 2.31 bits per heavy atom. The summed E-state index contributed by atoms with van der Waals surface area (Å²) in [6.07, 6.45) is 0. The first kappa shape index (κ1) is 12.1. The maximum Gasteiger partial charge on any atom is 0.232 e. The molecule has 0 spiro atoms. The van der Waals surface area contributed by atoms with Crippen LogP contribution in [0.3, 0.4) is 0 Å². The van der Waals surface area contributed by atoms with Gasteiger partial charge in [-0.2, -0.15) is 0 Å². The topological polar surface area (TPSA) is 70.8 Å². The fraction of sp³-hybridized carbons (Fsp3) is 0.400. The van der Waals surface area contributed by atoms with Crippen LogP contribution in [0, 0.1) is 10.1 Å². The van der Waals surface area contributed by atoms with Gasteiger partial charge in [0.05, 0.1) is 26.9 Å². The first-order valence-corrected chi connectivity index (χ1v) is 4.53. The van der Waals surface area contributed by atoms with Gasteiger partial charge in [-0.05, 0) is 6.07 Å². The third-order valence-electron chi connectivity index (χ3n) is 2.06. The number of rotatable bonds is 5. The largest absolute Gasteiger partial charge is 0.497 e. The van der Waals surface area contributed by atoms with Gasteiger partial charge in [0.25, 0.3) is 0 Å². The minimum atomic E-state index is -0.434. The minimum Gasteiger partial charge on any atom is -0.497 e. The van der Waals surface area contributed by atoms with E-state index >= 15 is 0 Å². The zero-order valence-corrected chi connectivity index (χ0v) is 9.35. The van der Waals surface area contributed by atoms with E-state index in [1.54, 1.807) is 12.1 Å². The van der Waals surface area contributed by atoms with Crippen LogP contribution in [0.5, 0.6) is 17.2 Å². The van der Waals surface area contributed by atoms with Crippen LogP contribution in [0.25, 0.3) is 0 Å². The van der Waals surface area contributed by atoms with E-state index < -0.39 is 4.92 Å². The zero-order valence-electron chi connectivity index (χ0n) is 9.35. The second-order valence-electron chi connectivity index (χ2n) is 3.01. The van der Waals surface area contributed by atoms with E-state index in [0.717, 1.165) is 0 Å². The van der Waals surface area contributed by atoms with E-state index in [1.165, 1.54) is 21.3 Å². The Morgan fingerprint density at radius 1 is 1.19 bits per heavy atom. The molecule has 0 unspecified atom stereocenters. The molecule has 0 aliphatic carbocycles. The zero-order chi connectivity index (χ0) is 12.1. The van der Waals surface area contributed by atoms with Crippen molar-refractivity contribution >= 4 is 0 Å². The Balaban J connectivity index is 3.25. The van der Waals surface area contributed by atoms with Crippen molar-refractivity contribution in [1.82, 2.24) is 0 Å². The lowest BCUT2D eigenvalue weighted by Crippen LogP contribution is -2.03. The summed E-state index contributed by atoms with van der Waals surface area (Å²) in [4.78, 5) is 10.1. The lowest BCUT2D eigenvalue weighted by atomic mass is 10.1. The molecule has 0 aliphatic heterocycles. The summed E-state index contributed by atoms with van der Waals surface area (Å²) in [7, 11) is 4.39. The second-order valence-corrected chi connectivity index (χ2v) is 3.01. The molecule has 0 aliphatic rings. The lowest BCUT2D eigenvalue weighted by molar-refractivity contribution is -0.496. The molecule has 0 aromatic heterocycles. The summed E-state index contributed by atoms with van der Waals surface area (Å²) in [5.74, 6) is 1.27. The highest BCUT2D eigenvalue weighted by molar-refractivity contribution is 5.51. The highest BCUT2D eigenvalue weighted by Gasteiger charge is 2.16. The van der Waals surface area contributed by atoms with Gasteiger partial charge in [0.1, 0.15) is 5.75 Å². The Morgan fingerprint density at radius 2 is 1.88 bits per heavy atom. The SMILES string of the molecule is COc1cc(C[N+](=O)[O-])c(OC)c(OC)c1. The second kappa shape index (κ2) is 5.20. The molecular weight excluding hydrogens is 214 g/mol. The number of benzene rings is 1. The van der Waals surface area contributed by atoms with Crippen LogP contribution in [0.1, 0.15) is 5.56 Å². The number of hydrogen-bond acceptors (Lipinski definition) is 5. The molecule has 1 rings (SSSR count). The fourth-order valence-corrected chi connectivity index (χ4v) is 1.39. The van der Waals surface area contributed by atoms with Crippen molar-refractivity contribution < 1.29 is 19.1 Å². The van der Waals surface area contributed by atoms with E-state index in [2.05, 4.69) is 0 Å². The molecule has 0 atom stereocenters. The van der Waals surface area contributed by atoms with Crippen molar-refractivity contribution in [2.45, 2.75) is 6.54 Å². The summed E-state index contributed by atoms with van der Waals surface area (Å²) in [6, 6.07) is 3.17. The Hall–Kier alpha value is -1.98. The number of hydrogen-bond donors (Lipinski definition) is 0. The van der Waals surface area contributed by atoms with Crippen LogP contribution < -0.4 is 14.2 Å². The first-order valence-electron chi connectivity index (χ1n) is 4.53. The molecule has 1 aromatic rings. The minimum absolute atomic E-state index is 0.337. The van der Waals surface area contributed by atoms with Gasteiger partial charge in [0.2, 0.25) is 6.54 Å². The molecule has 1 aromatic carbocycles. The summed E-state index contributed by atoms with van der Waals surface area (Å²) < 4.78 is 15.2. The van der Waals surface area contributed by atoms with E-state index in [-0.39, 0.29) is 6.54 Å².